The van der Waals surface area contributed by atoms with Crippen LogP contribution in [0.1, 0.15) is 30.2 Å². The van der Waals surface area contributed by atoms with Gasteiger partial charge in [0.15, 0.2) is 0 Å². The fourth-order valence-electron chi connectivity index (χ4n) is 3.76. The third kappa shape index (κ3) is 2.77. The molecular formula is C21H19FN4O. The fourth-order valence-corrected chi connectivity index (χ4v) is 3.76. The number of fused-ring (bicyclic) bond motifs is 2. The van der Waals surface area contributed by atoms with E-state index < -0.39 is 5.82 Å². The minimum Gasteiger partial charge on any atom is -0.507 e. The predicted molar refractivity (Wildman–Crippen MR) is 102 cm³/mol. The Kier molecular flexibility index (Phi) is 4.17. The number of rotatable bonds is 3. The fraction of sp³-hybridized carbons (Fsp3) is 0.238. The summed E-state index contributed by atoms with van der Waals surface area (Å²) in [6.45, 7) is 4.51. The molecule has 0 aliphatic carbocycles. The van der Waals surface area contributed by atoms with Gasteiger partial charge in [0.2, 0.25) is 0 Å². The Labute approximate surface area is 156 Å². The van der Waals surface area contributed by atoms with Crippen LogP contribution < -0.4 is 5.73 Å². The molecule has 1 aliphatic heterocycles. The first-order valence-electron chi connectivity index (χ1n) is 8.88. The zero-order valence-corrected chi connectivity index (χ0v) is 15.0. The van der Waals surface area contributed by atoms with Crippen molar-refractivity contribution in [3.8, 4) is 22.9 Å². The molecule has 0 saturated heterocycles. The average Bonchev–Trinajstić information content (AvgIpc) is 3.06. The van der Waals surface area contributed by atoms with E-state index in [1.165, 1.54) is 12.1 Å². The lowest BCUT2D eigenvalue weighted by molar-refractivity contribution is 0.283. The number of nitrogens with zero attached hydrogens (tertiary/aromatic N) is 3. The van der Waals surface area contributed by atoms with Gasteiger partial charge < -0.3 is 10.8 Å². The summed E-state index contributed by atoms with van der Waals surface area (Å²) in [6.07, 6.45) is 1.04. The third-order valence-corrected chi connectivity index (χ3v) is 5.04. The Morgan fingerprint density at radius 1 is 1.30 bits per heavy atom. The van der Waals surface area contributed by atoms with Gasteiger partial charge in [0.05, 0.1) is 27.8 Å². The van der Waals surface area contributed by atoms with E-state index in [1.54, 1.807) is 18.2 Å². The van der Waals surface area contributed by atoms with Crippen molar-refractivity contribution in [2.45, 2.75) is 26.4 Å². The van der Waals surface area contributed by atoms with Crippen LogP contribution in [0.3, 0.4) is 0 Å². The summed E-state index contributed by atoms with van der Waals surface area (Å²) in [6, 6.07) is 9.53. The van der Waals surface area contributed by atoms with Gasteiger partial charge in [0.1, 0.15) is 17.6 Å². The average molecular weight is 362 g/mol. The number of benzene rings is 2. The quantitative estimate of drug-likeness (QED) is 0.737. The van der Waals surface area contributed by atoms with Gasteiger partial charge >= 0.3 is 0 Å². The van der Waals surface area contributed by atoms with E-state index in [4.69, 9.17) is 16.0 Å². The van der Waals surface area contributed by atoms with Crippen LogP contribution in [0.15, 0.2) is 30.3 Å². The third-order valence-electron chi connectivity index (χ3n) is 5.04. The molecule has 4 rings (SSSR count). The van der Waals surface area contributed by atoms with Crippen LogP contribution in [-0.4, -0.2) is 21.5 Å². The number of aromatic hydroxyl groups is 1. The van der Waals surface area contributed by atoms with Gasteiger partial charge in [-0.05, 0) is 42.8 Å². The normalized spacial score (nSPS) is 13.7. The monoisotopic (exact) mass is 362 g/mol. The molecule has 2 heterocycles. The van der Waals surface area contributed by atoms with Crippen molar-refractivity contribution in [3.63, 3.8) is 0 Å². The minimum absolute atomic E-state index is 0.0306. The molecule has 3 aromatic rings. The van der Waals surface area contributed by atoms with Gasteiger partial charge in [-0.15, -0.1) is 0 Å². The standard InChI is InChI=1S/C21H19FN4O/c1-2-7-26-10-15-17(11-26)25-21-14(4-6-18(27)19(21)20(15)24)12-3-5-16(22)13(8-12)9-23/h3-6,8,27H,2,7,10-11H2,1H3,(H2,24,25). The predicted octanol–water partition coefficient (Wildman–Crippen LogP) is 3.93. The lowest BCUT2D eigenvalue weighted by atomic mass is 9.97. The molecule has 0 radical (unpaired) electrons. The molecule has 1 aliphatic rings. The van der Waals surface area contributed by atoms with Crippen molar-refractivity contribution in [2.24, 2.45) is 0 Å². The molecule has 27 heavy (non-hydrogen) atoms. The van der Waals surface area contributed by atoms with Crippen molar-refractivity contribution >= 4 is 16.6 Å². The van der Waals surface area contributed by atoms with Gasteiger partial charge in [-0.25, -0.2) is 4.39 Å². The molecule has 0 saturated carbocycles. The SMILES string of the molecule is CCCN1Cc2nc3c(-c4ccc(F)c(C#N)c4)ccc(O)c3c(N)c2C1. The zero-order chi connectivity index (χ0) is 19.1. The summed E-state index contributed by atoms with van der Waals surface area (Å²) >= 11 is 0. The Morgan fingerprint density at radius 2 is 2.11 bits per heavy atom. The summed E-state index contributed by atoms with van der Waals surface area (Å²) in [5.74, 6) is -0.494. The van der Waals surface area contributed by atoms with E-state index in [-0.39, 0.29) is 11.3 Å². The lowest BCUT2D eigenvalue weighted by Gasteiger charge is -2.13. The van der Waals surface area contributed by atoms with E-state index >= 15 is 0 Å². The summed E-state index contributed by atoms with van der Waals surface area (Å²) in [5.41, 5.74) is 10.7. The van der Waals surface area contributed by atoms with E-state index in [2.05, 4.69) is 11.8 Å². The number of phenols is 1. The maximum absolute atomic E-state index is 13.7. The summed E-state index contributed by atoms with van der Waals surface area (Å²) in [4.78, 5) is 7.08. The Morgan fingerprint density at radius 3 is 2.85 bits per heavy atom. The van der Waals surface area contributed by atoms with E-state index in [0.29, 0.717) is 34.3 Å². The van der Waals surface area contributed by atoms with E-state index in [9.17, 15) is 9.50 Å². The Hall–Kier alpha value is -3.17. The van der Waals surface area contributed by atoms with Crippen molar-refractivity contribution in [3.05, 3.63) is 53.0 Å². The molecule has 6 heteroatoms. The highest BCUT2D eigenvalue weighted by molar-refractivity contribution is 6.04. The number of nitrogens with two attached hydrogens (primary N) is 1. The molecule has 0 bridgehead atoms. The molecule has 0 fully saturated rings. The highest BCUT2D eigenvalue weighted by Gasteiger charge is 2.25. The first-order chi connectivity index (χ1) is 13.0. The number of hydrogen-bond acceptors (Lipinski definition) is 5. The molecule has 0 amide bonds. The molecule has 5 nitrogen and oxygen atoms in total. The number of phenolic OH excluding ortho intramolecular Hbond substituents is 1. The smallest absolute Gasteiger partial charge is 0.140 e. The number of nitriles is 1. The second-order valence-electron chi connectivity index (χ2n) is 6.82. The van der Waals surface area contributed by atoms with Crippen molar-refractivity contribution in [1.82, 2.24) is 9.88 Å². The topological polar surface area (TPSA) is 86.2 Å². The van der Waals surface area contributed by atoms with Gasteiger partial charge in [-0.1, -0.05) is 13.0 Å². The summed E-state index contributed by atoms with van der Waals surface area (Å²) in [5, 5.41) is 20.1. The summed E-state index contributed by atoms with van der Waals surface area (Å²) < 4.78 is 13.7. The number of halogens is 1. The lowest BCUT2D eigenvalue weighted by Crippen LogP contribution is -2.16. The number of pyridine rings is 1. The van der Waals surface area contributed by atoms with Gasteiger partial charge in [-0.2, -0.15) is 5.26 Å². The van der Waals surface area contributed by atoms with Crippen molar-refractivity contribution in [1.29, 1.82) is 5.26 Å². The highest BCUT2D eigenvalue weighted by atomic mass is 19.1. The molecule has 136 valence electrons. The first kappa shape index (κ1) is 17.3. The van der Waals surface area contributed by atoms with Crippen LogP contribution in [-0.2, 0) is 13.1 Å². The summed E-state index contributed by atoms with van der Waals surface area (Å²) in [7, 11) is 0. The molecule has 0 unspecified atom stereocenters. The number of nitrogen functional groups attached to an aromatic ring is 1. The van der Waals surface area contributed by atoms with Crippen LogP contribution >= 0.6 is 0 Å². The maximum atomic E-state index is 13.7. The van der Waals surface area contributed by atoms with Gasteiger partial charge in [0.25, 0.3) is 0 Å². The second kappa shape index (κ2) is 6.53. The molecule has 3 N–H and O–H groups in total. The largest absolute Gasteiger partial charge is 0.507 e. The van der Waals surface area contributed by atoms with Crippen molar-refractivity contribution < 1.29 is 9.50 Å². The van der Waals surface area contributed by atoms with E-state index in [0.717, 1.165) is 30.8 Å². The molecular weight excluding hydrogens is 343 g/mol. The molecule has 0 atom stereocenters. The molecule has 0 spiro atoms. The van der Waals surface area contributed by atoms with Crippen LogP contribution in [0.5, 0.6) is 5.75 Å². The van der Waals surface area contributed by atoms with Crippen molar-refractivity contribution in [2.75, 3.05) is 12.3 Å². The van der Waals surface area contributed by atoms with Crippen LogP contribution in [0.25, 0.3) is 22.0 Å². The molecule has 1 aromatic heterocycles. The van der Waals surface area contributed by atoms with Gasteiger partial charge in [-0.3, -0.25) is 9.88 Å². The number of anilines is 1. The first-order valence-corrected chi connectivity index (χ1v) is 8.88. The number of hydrogen-bond donors (Lipinski definition) is 2. The molecule has 2 aromatic carbocycles. The maximum Gasteiger partial charge on any atom is 0.140 e. The second-order valence-corrected chi connectivity index (χ2v) is 6.82. The highest BCUT2D eigenvalue weighted by Crippen LogP contribution is 2.40. The Balaban J connectivity index is 1.95. The van der Waals surface area contributed by atoms with Gasteiger partial charge in [0, 0.05) is 24.2 Å². The van der Waals surface area contributed by atoms with Crippen LogP contribution in [0.2, 0.25) is 0 Å². The zero-order valence-electron chi connectivity index (χ0n) is 15.0. The van der Waals surface area contributed by atoms with Crippen LogP contribution in [0.4, 0.5) is 10.1 Å². The minimum atomic E-state index is -0.562. The number of aromatic nitrogens is 1. The van der Waals surface area contributed by atoms with Crippen LogP contribution in [0, 0.1) is 17.1 Å². The van der Waals surface area contributed by atoms with E-state index in [1.807, 2.05) is 6.07 Å². The Bertz CT molecular complexity index is 1100.